The molecule has 0 bridgehead atoms. The van der Waals surface area contributed by atoms with Crippen LogP contribution in [0.25, 0.3) is 22.2 Å². The summed E-state index contributed by atoms with van der Waals surface area (Å²) in [5.41, 5.74) is 3.43. The fourth-order valence-corrected chi connectivity index (χ4v) is 4.74. The summed E-state index contributed by atoms with van der Waals surface area (Å²) in [6.45, 7) is 3.01. The molecule has 3 aromatic rings. The van der Waals surface area contributed by atoms with Crippen LogP contribution in [0.5, 0.6) is 0 Å². The average molecular weight is 473 g/mol. The smallest absolute Gasteiger partial charge is 0.252 e. The maximum atomic E-state index is 13.0. The van der Waals surface area contributed by atoms with Crippen LogP contribution in [-0.4, -0.2) is 17.4 Å². The molecule has 3 heteroatoms. The summed E-state index contributed by atoms with van der Waals surface area (Å²) in [4.78, 5) is 17.8. The largest absolute Gasteiger partial charge is 0.352 e. The van der Waals surface area contributed by atoms with E-state index < -0.39 is 0 Å². The van der Waals surface area contributed by atoms with Crippen molar-refractivity contribution in [3.05, 3.63) is 66.2 Å². The second-order valence-electron chi connectivity index (χ2n) is 9.79. The van der Waals surface area contributed by atoms with E-state index in [1.54, 1.807) is 0 Å². The molecule has 0 aliphatic carbocycles. The van der Waals surface area contributed by atoms with Gasteiger partial charge in [-0.1, -0.05) is 139 Å². The van der Waals surface area contributed by atoms with E-state index in [1.165, 1.54) is 83.5 Å². The lowest BCUT2D eigenvalue weighted by atomic mass is 10.0. The molecule has 3 nitrogen and oxygen atoms in total. The van der Waals surface area contributed by atoms with Gasteiger partial charge in [-0.25, -0.2) is 4.98 Å². The molecule has 1 amide bonds. The molecule has 1 heterocycles. The summed E-state index contributed by atoms with van der Waals surface area (Å²) in [6.07, 6.45) is 18.8. The Hall–Kier alpha value is -2.68. The van der Waals surface area contributed by atoms with Crippen LogP contribution in [0.2, 0.25) is 0 Å². The van der Waals surface area contributed by atoms with Gasteiger partial charge in [0.1, 0.15) is 0 Å². The van der Waals surface area contributed by atoms with Crippen molar-refractivity contribution in [2.45, 2.75) is 96.8 Å². The number of amides is 1. The van der Waals surface area contributed by atoms with Crippen LogP contribution in [0.15, 0.2) is 60.7 Å². The van der Waals surface area contributed by atoms with E-state index in [0.717, 1.165) is 35.1 Å². The van der Waals surface area contributed by atoms with E-state index in [-0.39, 0.29) is 5.91 Å². The van der Waals surface area contributed by atoms with Gasteiger partial charge in [0.15, 0.2) is 0 Å². The lowest BCUT2D eigenvalue weighted by Crippen LogP contribution is -2.24. The van der Waals surface area contributed by atoms with Gasteiger partial charge in [0.2, 0.25) is 0 Å². The van der Waals surface area contributed by atoms with Gasteiger partial charge in [-0.3, -0.25) is 4.79 Å². The van der Waals surface area contributed by atoms with Crippen LogP contribution in [0.3, 0.4) is 0 Å². The molecule has 0 aliphatic heterocycles. The van der Waals surface area contributed by atoms with Crippen molar-refractivity contribution < 1.29 is 4.79 Å². The monoisotopic (exact) mass is 472 g/mol. The van der Waals surface area contributed by atoms with Crippen LogP contribution in [0.1, 0.15) is 107 Å². The molecular formula is C32H44N2O. The molecule has 2 aromatic carbocycles. The Morgan fingerprint density at radius 3 is 1.86 bits per heavy atom. The van der Waals surface area contributed by atoms with Gasteiger partial charge in [0.05, 0.1) is 16.8 Å². The summed E-state index contributed by atoms with van der Waals surface area (Å²) in [5.74, 6) is -0.00419. The third kappa shape index (κ3) is 9.47. The number of carbonyl (C=O) groups excluding carboxylic acids is 1. The van der Waals surface area contributed by atoms with Gasteiger partial charge in [0, 0.05) is 17.5 Å². The number of carbonyl (C=O) groups is 1. The average Bonchev–Trinajstić information content (AvgIpc) is 2.90. The van der Waals surface area contributed by atoms with E-state index in [4.69, 9.17) is 4.98 Å². The van der Waals surface area contributed by atoms with Crippen molar-refractivity contribution in [1.29, 1.82) is 0 Å². The Morgan fingerprint density at radius 1 is 0.686 bits per heavy atom. The molecule has 0 atom stereocenters. The number of para-hydroxylation sites is 1. The summed E-state index contributed by atoms with van der Waals surface area (Å²) in [7, 11) is 0. The SMILES string of the molecule is CCCCCCCCCCCCCCCCNC(=O)c1cc(-c2ccccc2)nc2ccccc12. The molecule has 0 aliphatic rings. The number of hydrogen-bond donors (Lipinski definition) is 1. The van der Waals surface area contributed by atoms with E-state index in [0.29, 0.717) is 5.56 Å². The Labute approximate surface area is 212 Å². The first-order chi connectivity index (χ1) is 17.3. The standard InChI is InChI=1S/C32H44N2O/c1-2-3-4-5-6-7-8-9-10-11-12-13-14-20-25-33-32(35)29-26-31(27-21-16-15-17-22-27)34-30-24-19-18-23-28(29)30/h15-19,21-24,26H,2-14,20,25H2,1H3,(H,33,35). The molecule has 0 saturated carbocycles. The van der Waals surface area contributed by atoms with E-state index in [2.05, 4.69) is 12.2 Å². The highest BCUT2D eigenvalue weighted by Crippen LogP contribution is 2.24. The van der Waals surface area contributed by atoms with Crippen LogP contribution in [-0.2, 0) is 0 Å². The lowest BCUT2D eigenvalue weighted by Gasteiger charge is -2.11. The fourth-order valence-electron chi connectivity index (χ4n) is 4.74. The highest BCUT2D eigenvalue weighted by Gasteiger charge is 2.13. The minimum atomic E-state index is -0.00419. The van der Waals surface area contributed by atoms with E-state index >= 15 is 0 Å². The molecule has 35 heavy (non-hydrogen) atoms. The van der Waals surface area contributed by atoms with Crippen molar-refractivity contribution in [2.24, 2.45) is 0 Å². The zero-order valence-corrected chi connectivity index (χ0v) is 21.7. The van der Waals surface area contributed by atoms with Gasteiger partial charge in [-0.15, -0.1) is 0 Å². The van der Waals surface area contributed by atoms with Gasteiger partial charge in [-0.2, -0.15) is 0 Å². The first-order valence-corrected chi connectivity index (χ1v) is 14.0. The molecule has 3 rings (SSSR count). The number of rotatable bonds is 17. The number of pyridine rings is 1. The second-order valence-corrected chi connectivity index (χ2v) is 9.79. The molecule has 0 radical (unpaired) electrons. The predicted molar refractivity (Wildman–Crippen MR) is 150 cm³/mol. The molecule has 0 saturated heterocycles. The Balaban J connectivity index is 1.33. The van der Waals surface area contributed by atoms with Crippen LogP contribution >= 0.6 is 0 Å². The Kier molecular flexibility index (Phi) is 12.4. The van der Waals surface area contributed by atoms with E-state index in [9.17, 15) is 4.79 Å². The number of unbranched alkanes of at least 4 members (excludes halogenated alkanes) is 13. The number of aromatic nitrogens is 1. The van der Waals surface area contributed by atoms with Crippen molar-refractivity contribution in [3.63, 3.8) is 0 Å². The highest BCUT2D eigenvalue weighted by atomic mass is 16.1. The zero-order chi connectivity index (χ0) is 24.6. The predicted octanol–water partition coefficient (Wildman–Crippen LogP) is 9.11. The molecule has 188 valence electrons. The maximum Gasteiger partial charge on any atom is 0.252 e. The van der Waals surface area contributed by atoms with Crippen molar-refractivity contribution in [3.8, 4) is 11.3 Å². The highest BCUT2D eigenvalue weighted by molar-refractivity contribution is 6.07. The quantitative estimate of drug-likeness (QED) is 0.199. The zero-order valence-electron chi connectivity index (χ0n) is 21.7. The molecule has 1 aromatic heterocycles. The Bertz CT molecular complexity index is 999. The minimum absolute atomic E-state index is 0.00419. The van der Waals surface area contributed by atoms with Gasteiger partial charge in [-0.05, 0) is 18.6 Å². The second kappa shape index (κ2) is 16.1. The van der Waals surface area contributed by atoms with E-state index in [1.807, 2.05) is 60.7 Å². The molecule has 0 spiro atoms. The van der Waals surface area contributed by atoms with Gasteiger partial charge >= 0.3 is 0 Å². The summed E-state index contributed by atoms with van der Waals surface area (Å²) in [6, 6.07) is 19.9. The summed E-state index contributed by atoms with van der Waals surface area (Å²) < 4.78 is 0. The normalized spacial score (nSPS) is 11.1. The number of nitrogens with zero attached hydrogens (tertiary/aromatic N) is 1. The molecule has 0 fully saturated rings. The fraction of sp³-hybridized carbons (Fsp3) is 0.500. The number of benzene rings is 2. The third-order valence-electron chi connectivity index (χ3n) is 6.85. The van der Waals surface area contributed by atoms with Crippen LogP contribution < -0.4 is 5.32 Å². The van der Waals surface area contributed by atoms with Crippen LogP contribution in [0, 0.1) is 0 Å². The lowest BCUT2D eigenvalue weighted by molar-refractivity contribution is 0.0954. The molecule has 0 unspecified atom stereocenters. The maximum absolute atomic E-state index is 13.0. The van der Waals surface area contributed by atoms with Crippen molar-refractivity contribution in [1.82, 2.24) is 10.3 Å². The number of fused-ring (bicyclic) bond motifs is 1. The first-order valence-electron chi connectivity index (χ1n) is 14.0. The molecule has 1 N–H and O–H groups in total. The van der Waals surface area contributed by atoms with Gasteiger partial charge < -0.3 is 5.32 Å². The van der Waals surface area contributed by atoms with Crippen molar-refractivity contribution >= 4 is 16.8 Å². The summed E-state index contributed by atoms with van der Waals surface area (Å²) >= 11 is 0. The van der Waals surface area contributed by atoms with Crippen LogP contribution in [0.4, 0.5) is 0 Å². The first kappa shape index (κ1) is 26.9. The summed E-state index contributed by atoms with van der Waals surface area (Å²) in [5, 5.41) is 4.05. The van der Waals surface area contributed by atoms with Crippen molar-refractivity contribution in [2.75, 3.05) is 6.54 Å². The third-order valence-corrected chi connectivity index (χ3v) is 6.85. The number of nitrogens with one attached hydrogen (secondary N) is 1. The minimum Gasteiger partial charge on any atom is -0.352 e. The molecular weight excluding hydrogens is 428 g/mol. The Morgan fingerprint density at radius 2 is 1.23 bits per heavy atom. The van der Waals surface area contributed by atoms with Gasteiger partial charge in [0.25, 0.3) is 5.91 Å². The number of hydrogen-bond acceptors (Lipinski definition) is 2. The topological polar surface area (TPSA) is 42.0 Å².